The lowest BCUT2D eigenvalue weighted by Crippen LogP contribution is -2.32. The van der Waals surface area contributed by atoms with Crippen LogP contribution in [0.4, 0.5) is 0 Å². The summed E-state index contributed by atoms with van der Waals surface area (Å²) in [7, 11) is 0. The normalized spacial score (nSPS) is 10.5. The molecule has 80 valence electrons. The molecular formula is C14H18B2. The van der Waals surface area contributed by atoms with Crippen molar-refractivity contribution in [2.75, 3.05) is 0 Å². The molecule has 2 aromatic carbocycles. The van der Waals surface area contributed by atoms with Crippen LogP contribution in [0, 0.1) is 0 Å². The second kappa shape index (κ2) is 4.37. The number of fused-ring (bicyclic) bond motifs is 1. The van der Waals surface area contributed by atoms with Crippen LogP contribution in [0.15, 0.2) is 36.4 Å². The molecule has 0 nitrogen and oxygen atoms in total. The molecule has 0 bridgehead atoms. The quantitative estimate of drug-likeness (QED) is 0.665. The average Bonchev–Trinajstić information content (AvgIpc) is 2.27. The monoisotopic (exact) mass is 208 g/mol. The van der Waals surface area contributed by atoms with Crippen molar-refractivity contribution in [1.29, 1.82) is 0 Å². The molecule has 0 N–H and O–H groups in total. The molecule has 0 aliphatic heterocycles. The lowest BCUT2D eigenvalue weighted by Gasteiger charge is -2.14. The smallest absolute Gasteiger partial charge is 0.0819 e. The van der Waals surface area contributed by atoms with Gasteiger partial charge in [0.2, 0.25) is 0 Å². The minimum absolute atomic E-state index is 0.587. The number of hydrogen-bond donors (Lipinski definition) is 0. The van der Waals surface area contributed by atoms with Gasteiger partial charge >= 0.3 is 0 Å². The molecule has 0 amide bonds. The second-order valence-corrected chi connectivity index (χ2v) is 5.10. The van der Waals surface area contributed by atoms with Crippen LogP contribution in [0.1, 0.15) is 0 Å². The first-order valence-electron chi connectivity index (χ1n) is 6.12. The number of rotatable bonds is 2. The zero-order chi connectivity index (χ0) is 11.7. The molecule has 0 spiro atoms. The van der Waals surface area contributed by atoms with E-state index in [4.69, 9.17) is 0 Å². The second-order valence-electron chi connectivity index (χ2n) is 5.10. The van der Waals surface area contributed by atoms with Crippen molar-refractivity contribution in [2.24, 2.45) is 0 Å². The summed E-state index contributed by atoms with van der Waals surface area (Å²) in [6.07, 6.45) is 0. The summed E-state index contributed by atoms with van der Waals surface area (Å²) < 4.78 is 0. The highest BCUT2D eigenvalue weighted by Gasteiger charge is 2.13. The molecule has 2 rings (SSSR count). The van der Waals surface area contributed by atoms with Crippen LogP contribution in [-0.4, -0.2) is 13.4 Å². The first-order chi connectivity index (χ1) is 7.61. The standard InChI is InChI=1S/C14H18B2/c1-15(2)12-9-5-7-11-8-6-10-13(14(11)12)16(3)4/h5-10H,1-4H3. The van der Waals surface area contributed by atoms with E-state index in [2.05, 4.69) is 63.7 Å². The molecule has 2 heteroatoms. The van der Waals surface area contributed by atoms with Crippen molar-refractivity contribution in [3.05, 3.63) is 36.4 Å². The maximum absolute atomic E-state index is 2.27. The Morgan fingerprint density at radius 1 is 0.688 bits per heavy atom. The summed E-state index contributed by atoms with van der Waals surface area (Å²) in [5.74, 6) is 0. The van der Waals surface area contributed by atoms with Crippen molar-refractivity contribution in [3.8, 4) is 0 Å². The zero-order valence-electron chi connectivity index (χ0n) is 10.6. The Balaban J connectivity index is 2.82. The summed E-state index contributed by atoms with van der Waals surface area (Å²) in [6.45, 7) is 10.3. The molecule has 0 saturated heterocycles. The van der Waals surface area contributed by atoms with Crippen molar-refractivity contribution in [1.82, 2.24) is 0 Å². The Morgan fingerprint density at radius 3 is 1.50 bits per heavy atom. The number of hydrogen-bond acceptors (Lipinski definition) is 0. The summed E-state index contributed by atoms with van der Waals surface area (Å²) >= 11 is 0. The Kier molecular flexibility index (Phi) is 3.09. The first kappa shape index (κ1) is 11.3. The van der Waals surface area contributed by atoms with Gasteiger partial charge in [0.1, 0.15) is 0 Å². The van der Waals surface area contributed by atoms with Crippen molar-refractivity contribution >= 4 is 35.1 Å². The average molecular weight is 208 g/mol. The van der Waals surface area contributed by atoms with Gasteiger partial charge in [-0.25, -0.2) is 0 Å². The zero-order valence-corrected chi connectivity index (χ0v) is 10.6. The molecule has 0 saturated carbocycles. The maximum atomic E-state index is 2.27. The van der Waals surface area contributed by atoms with E-state index in [0.29, 0.717) is 13.4 Å². The predicted molar refractivity (Wildman–Crippen MR) is 78.2 cm³/mol. The molecule has 16 heavy (non-hydrogen) atoms. The van der Waals surface area contributed by atoms with E-state index in [9.17, 15) is 0 Å². The van der Waals surface area contributed by atoms with Gasteiger partial charge in [0.05, 0.1) is 0 Å². The van der Waals surface area contributed by atoms with Gasteiger partial charge in [-0.1, -0.05) is 74.6 Å². The molecular weight excluding hydrogens is 190 g/mol. The van der Waals surface area contributed by atoms with Gasteiger partial charge in [-0.3, -0.25) is 0 Å². The Hall–Kier alpha value is -1.17. The van der Waals surface area contributed by atoms with Crippen molar-refractivity contribution in [3.63, 3.8) is 0 Å². The predicted octanol–water partition coefficient (Wildman–Crippen LogP) is 2.76. The molecule has 0 aliphatic carbocycles. The highest BCUT2D eigenvalue weighted by Crippen LogP contribution is 2.11. The SMILES string of the molecule is CB(C)c1cccc2cccc(B(C)C)c12. The minimum Gasteiger partial charge on any atom is -0.0819 e. The molecule has 0 atom stereocenters. The summed E-state index contributed by atoms with van der Waals surface area (Å²) in [5, 5.41) is 2.84. The van der Waals surface area contributed by atoms with Crippen LogP contribution in [0.2, 0.25) is 27.3 Å². The third-order valence-corrected chi connectivity index (χ3v) is 3.21. The fourth-order valence-electron chi connectivity index (χ4n) is 2.36. The van der Waals surface area contributed by atoms with E-state index < -0.39 is 0 Å². The van der Waals surface area contributed by atoms with E-state index in [-0.39, 0.29) is 0 Å². The first-order valence-corrected chi connectivity index (χ1v) is 6.12. The number of benzene rings is 2. The fraction of sp³-hybridized carbons (Fsp3) is 0.286. The third-order valence-electron chi connectivity index (χ3n) is 3.21. The van der Waals surface area contributed by atoms with Gasteiger partial charge in [-0.15, -0.1) is 0 Å². The van der Waals surface area contributed by atoms with Gasteiger partial charge in [-0.05, 0) is 10.8 Å². The summed E-state index contributed by atoms with van der Waals surface area (Å²) in [5.41, 5.74) is 2.95. The van der Waals surface area contributed by atoms with Gasteiger partial charge in [0.25, 0.3) is 0 Å². The molecule has 0 aromatic heterocycles. The van der Waals surface area contributed by atoms with Gasteiger partial charge in [0, 0.05) is 0 Å². The van der Waals surface area contributed by atoms with E-state index in [1.54, 1.807) is 0 Å². The topological polar surface area (TPSA) is 0 Å². The van der Waals surface area contributed by atoms with Crippen LogP contribution >= 0.6 is 0 Å². The highest BCUT2D eigenvalue weighted by molar-refractivity contribution is 6.78. The maximum Gasteiger partial charge on any atom is 0.170 e. The molecule has 0 unspecified atom stereocenters. The molecule has 0 radical (unpaired) electrons. The lowest BCUT2D eigenvalue weighted by atomic mass is 9.44. The lowest BCUT2D eigenvalue weighted by molar-refractivity contribution is 1.78. The summed E-state index contributed by atoms with van der Waals surface area (Å²) in [6, 6.07) is 13.3. The van der Waals surface area contributed by atoms with Gasteiger partial charge < -0.3 is 0 Å². The highest BCUT2D eigenvalue weighted by atomic mass is 14.0. The van der Waals surface area contributed by atoms with Crippen molar-refractivity contribution < 1.29 is 0 Å². The fourth-order valence-corrected chi connectivity index (χ4v) is 2.36. The van der Waals surface area contributed by atoms with Crippen LogP contribution in [0.5, 0.6) is 0 Å². The third kappa shape index (κ3) is 1.89. The van der Waals surface area contributed by atoms with Crippen LogP contribution < -0.4 is 10.9 Å². The minimum atomic E-state index is 0.587. The van der Waals surface area contributed by atoms with Crippen molar-refractivity contribution in [2.45, 2.75) is 27.3 Å². The van der Waals surface area contributed by atoms with E-state index in [1.165, 1.54) is 21.7 Å². The Labute approximate surface area is 99.2 Å². The molecule has 0 fully saturated rings. The Bertz CT molecular complexity index is 458. The summed E-state index contributed by atoms with van der Waals surface area (Å²) in [4.78, 5) is 0. The van der Waals surface area contributed by atoms with E-state index in [0.717, 1.165) is 0 Å². The van der Waals surface area contributed by atoms with Crippen LogP contribution in [0.25, 0.3) is 10.8 Å². The van der Waals surface area contributed by atoms with Crippen LogP contribution in [-0.2, 0) is 0 Å². The van der Waals surface area contributed by atoms with Gasteiger partial charge in [0.15, 0.2) is 13.4 Å². The Morgan fingerprint density at radius 2 is 1.12 bits per heavy atom. The molecule has 0 heterocycles. The van der Waals surface area contributed by atoms with E-state index in [1.807, 2.05) is 0 Å². The van der Waals surface area contributed by atoms with E-state index >= 15 is 0 Å². The van der Waals surface area contributed by atoms with Crippen LogP contribution in [0.3, 0.4) is 0 Å². The van der Waals surface area contributed by atoms with Gasteiger partial charge in [-0.2, -0.15) is 0 Å². The largest absolute Gasteiger partial charge is 0.170 e. The molecule has 0 aliphatic rings. The molecule has 2 aromatic rings.